The first-order chi connectivity index (χ1) is 20.2. The van der Waals surface area contributed by atoms with Gasteiger partial charge in [0.1, 0.15) is 18.8 Å². The number of methoxy groups -OCH3 is 1. The van der Waals surface area contributed by atoms with Crippen LogP contribution < -0.4 is 19.3 Å². The third-order valence-electron chi connectivity index (χ3n) is 7.97. The number of anilines is 2. The summed E-state index contributed by atoms with van der Waals surface area (Å²) in [5.41, 5.74) is 3.22. The van der Waals surface area contributed by atoms with Crippen LogP contribution in [0.15, 0.2) is 61.2 Å². The van der Waals surface area contributed by atoms with E-state index >= 15 is 0 Å². The zero-order valence-electron chi connectivity index (χ0n) is 23.9. The second-order valence-corrected chi connectivity index (χ2v) is 10.7. The second kappa shape index (κ2) is 12.7. The van der Waals surface area contributed by atoms with Gasteiger partial charge in [0, 0.05) is 89.2 Å². The molecule has 4 heterocycles. The maximum Gasteiger partial charge on any atom is 0.225 e. The number of rotatable bonds is 9. The zero-order chi connectivity index (χ0) is 28.0. The Kier molecular flexibility index (Phi) is 8.39. The topological polar surface area (TPSA) is 83.0 Å². The molecule has 2 aromatic heterocycles. The van der Waals surface area contributed by atoms with Crippen molar-refractivity contribution in [1.82, 2.24) is 29.7 Å². The summed E-state index contributed by atoms with van der Waals surface area (Å²) in [4.78, 5) is 27.9. The van der Waals surface area contributed by atoms with Crippen LogP contribution in [0.3, 0.4) is 0 Å². The number of ether oxygens (including phenoxy) is 2. The van der Waals surface area contributed by atoms with Crippen molar-refractivity contribution in [2.24, 2.45) is 0 Å². The monoisotopic (exact) mass is 554 g/mol. The number of likely N-dealkylation sites (N-methyl/N-ethyl adjacent to an activating group) is 1. The van der Waals surface area contributed by atoms with Gasteiger partial charge in [0.2, 0.25) is 5.95 Å². The number of hydrogen-bond donors (Lipinski definition) is 0. The molecule has 2 aliphatic heterocycles. The number of piperazine rings is 2. The van der Waals surface area contributed by atoms with E-state index in [1.807, 2.05) is 30.6 Å². The highest BCUT2D eigenvalue weighted by atomic mass is 16.5. The quantitative estimate of drug-likeness (QED) is 0.308. The lowest BCUT2D eigenvalue weighted by atomic mass is 10.1. The predicted molar refractivity (Wildman–Crippen MR) is 161 cm³/mol. The van der Waals surface area contributed by atoms with E-state index in [0.717, 1.165) is 99.3 Å². The zero-order valence-corrected chi connectivity index (χ0v) is 23.9. The molecule has 0 atom stereocenters. The molecule has 41 heavy (non-hydrogen) atoms. The molecule has 0 spiro atoms. The van der Waals surface area contributed by atoms with Gasteiger partial charge in [0.05, 0.1) is 12.6 Å². The molecule has 2 aromatic carbocycles. The first-order valence-corrected chi connectivity index (χ1v) is 14.4. The standard InChI is InChI=1S/C31H38N8O2/c1-36-8-10-37(11-9-36)16-17-41-29-19-26-27(20-28(29)40-2)34-23-35-30(26)38-12-14-39(15-13-38)31-32-21-25(22-33-31)18-24-6-4-3-5-7-24/h3-7,19-23H,8-18H2,1-2H3. The Morgan fingerprint density at radius 2 is 1.49 bits per heavy atom. The van der Waals surface area contributed by atoms with Gasteiger partial charge in [-0.05, 0) is 24.2 Å². The summed E-state index contributed by atoms with van der Waals surface area (Å²) in [6.45, 7) is 9.09. The van der Waals surface area contributed by atoms with Crippen molar-refractivity contribution in [3.8, 4) is 11.5 Å². The molecule has 0 N–H and O–H groups in total. The average Bonchev–Trinajstić information content (AvgIpc) is 3.02. The molecule has 2 aliphatic rings. The Bertz CT molecular complexity index is 1420. The van der Waals surface area contributed by atoms with Gasteiger partial charge in [0.15, 0.2) is 11.5 Å². The van der Waals surface area contributed by atoms with Crippen LogP contribution in [0.4, 0.5) is 11.8 Å². The molecule has 0 unspecified atom stereocenters. The third-order valence-corrected chi connectivity index (χ3v) is 7.97. The first-order valence-electron chi connectivity index (χ1n) is 14.4. The molecular weight excluding hydrogens is 516 g/mol. The number of nitrogens with zero attached hydrogens (tertiary/aromatic N) is 8. The second-order valence-electron chi connectivity index (χ2n) is 10.7. The minimum absolute atomic E-state index is 0.609. The summed E-state index contributed by atoms with van der Waals surface area (Å²) in [6, 6.07) is 14.4. The number of aromatic nitrogens is 4. The SMILES string of the molecule is COc1cc2ncnc(N3CCN(c4ncc(Cc5ccccc5)cn4)CC3)c2cc1OCCN1CCN(C)CC1. The van der Waals surface area contributed by atoms with Crippen molar-refractivity contribution in [3.05, 3.63) is 72.3 Å². The molecule has 0 aliphatic carbocycles. The highest BCUT2D eigenvalue weighted by molar-refractivity contribution is 5.92. The minimum atomic E-state index is 0.609. The summed E-state index contributed by atoms with van der Waals surface area (Å²) >= 11 is 0. The lowest BCUT2D eigenvalue weighted by molar-refractivity contribution is 0.133. The molecule has 0 amide bonds. The average molecular weight is 555 g/mol. The normalized spacial score (nSPS) is 16.7. The Hall–Kier alpha value is -4.02. The summed E-state index contributed by atoms with van der Waals surface area (Å²) in [6.07, 6.45) is 6.35. The fourth-order valence-electron chi connectivity index (χ4n) is 5.48. The number of hydrogen-bond acceptors (Lipinski definition) is 10. The van der Waals surface area contributed by atoms with Gasteiger partial charge in [-0.3, -0.25) is 4.90 Å². The van der Waals surface area contributed by atoms with Crippen molar-refractivity contribution in [1.29, 1.82) is 0 Å². The molecule has 6 rings (SSSR count). The van der Waals surface area contributed by atoms with Gasteiger partial charge in [0.25, 0.3) is 0 Å². The summed E-state index contributed by atoms with van der Waals surface area (Å²) in [5, 5.41) is 0.970. The maximum absolute atomic E-state index is 6.25. The number of fused-ring (bicyclic) bond motifs is 1. The van der Waals surface area contributed by atoms with Gasteiger partial charge in [-0.25, -0.2) is 19.9 Å². The van der Waals surface area contributed by atoms with E-state index < -0.39 is 0 Å². The van der Waals surface area contributed by atoms with E-state index in [1.54, 1.807) is 13.4 Å². The smallest absolute Gasteiger partial charge is 0.225 e. The van der Waals surface area contributed by atoms with Crippen molar-refractivity contribution in [2.45, 2.75) is 6.42 Å². The Balaban J connectivity index is 1.10. The first kappa shape index (κ1) is 27.2. The van der Waals surface area contributed by atoms with Gasteiger partial charge < -0.3 is 24.2 Å². The molecule has 0 bridgehead atoms. The van der Waals surface area contributed by atoms with Crippen LogP contribution in [0.5, 0.6) is 11.5 Å². The molecule has 10 heteroatoms. The maximum atomic E-state index is 6.25. The summed E-state index contributed by atoms with van der Waals surface area (Å²) in [7, 11) is 3.84. The molecule has 0 saturated carbocycles. The predicted octanol–water partition coefficient (Wildman–Crippen LogP) is 2.97. The van der Waals surface area contributed by atoms with E-state index in [2.05, 4.69) is 65.9 Å². The highest BCUT2D eigenvalue weighted by Crippen LogP contribution is 2.35. The fraction of sp³-hybridized carbons (Fsp3) is 0.419. The largest absolute Gasteiger partial charge is 0.493 e. The van der Waals surface area contributed by atoms with E-state index in [0.29, 0.717) is 12.4 Å². The minimum Gasteiger partial charge on any atom is -0.493 e. The van der Waals surface area contributed by atoms with Crippen LogP contribution in [0, 0.1) is 0 Å². The Morgan fingerprint density at radius 1 is 0.756 bits per heavy atom. The van der Waals surface area contributed by atoms with Crippen LogP contribution in [0.1, 0.15) is 11.1 Å². The Morgan fingerprint density at radius 3 is 2.22 bits per heavy atom. The molecule has 2 saturated heterocycles. The lowest BCUT2D eigenvalue weighted by Crippen LogP contribution is -2.47. The van der Waals surface area contributed by atoms with Crippen molar-refractivity contribution < 1.29 is 9.47 Å². The third kappa shape index (κ3) is 6.49. The van der Waals surface area contributed by atoms with Gasteiger partial charge >= 0.3 is 0 Å². The van der Waals surface area contributed by atoms with Crippen LogP contribution in [0.25, 0.3) is 10.9 Å². The molecule has 214 valence electrons. The molecule has 0 radical (unpaired) electrons. The highest BCUT2D eigenvalue weighted by Gasteiger charge is 2.23. The molecule has 2 fully saturated rings. The van der Waals surface area contributed by atoms with Gasteiger partial charge in [-0.2, -0.15) is 0 Å². The van der Waals surface area contributed by atoms with E-state index in [-0.39, 0.29) is 0 Å². The van der Waals surface area contributed by atoms with Crippen LogP contribution >= 0.6 is 0 Å². The number of benzene rings is 2. The van der Waals surface area contributed by atoms with Crippen LogP contribution in [-0.2, 0) is 6.42 Å². The fourth-order valence-corrected chi connectivity index (χ4v) is 5.48. The van der Waals surface area contributed by atoms with Crippen molar-refractivity contribution >= 4 is 22.7 Å². The summed E-state index contributed by atoms with van der Waals surface area (Å²) < 4.78 is 11.9. The van der Waals surface area contributed by atoms with Crippen molar-refractivity contribution in [3.63, 3.8) is 0 Å². The molecular formula is C31H38N8O2. The van der Waals surface area contributed by atoms with Gasteiger partial charge in [-0.15, -0.1) is 0 Å². The summed E-state index contributed by atoms with van der Waals surface area (Å²) in [5.74, 6) is 3.11. The molecule has 4 aromatic rings. The van der Waals surface area contributed by atoms with Crippen LogP contribution in [0.2, 0.25) is 0 Å². The Labute approximate surface area is 241 Å². The van der Waals surface area contributed by atoms with E-state index in [4.69, 9.17) is 14.5 Å². The van der Waals surface area contributed by atoms with Crippen LogP contribution in [-0.4, -0.2) is 109 Å². The van der Waals surface area contributed by atoms with Crippen molar-refractivity contribution in [2.75, 3.05) is 89.5 Å². The molecule has 10 nitrogen and oxygen atoms in total. The lowest BCUT2D eigenvalue weighted by Gasteiger charge is -2.35. The van der Waals surface area contributed by atoms with E-state index in [9.17, 15) is 0 Å². The van der Waals surface area contributed by atoms with E-state index in [1.165, 1.54) is 5.56 Å². The van der Waals surface area contributed by atoms with Gasteiger partial charge in [-0.1, -0.05) is 30.3 Å².